The fourth-order valence-electron chi connectivity index (χ4n) is 2.90. The first-order valence-electron chi connectivity index (χ1n) is 8.27. The predicted octanol–water partition coefficient (Wildman–Crippen LogP) is 4.52. The average molecular weight is 516 g/mol. The summed E-state index contributed by atoms with van der Waals surface area (Å²) in [7, 11) is 1.78. The smallest absolute Gasteiger partial charge is 0.269 e. The highest BCUT2D eigenvalue weighted by molar-refractivity contribution is 9.10. The maximum Gasteiger partial charge on any atom is 0.269 e. The summed E-state index contributed by atoms with van der Waals surface area (Å²) in [5.74, 6) is 0.591. The van der Waals surface area contributed by atoms with Crippen LogP contribution in [0.3, 0.4) is 0 Å². The zero-order chi connectivity index (χ0) is 19.8. The third kappa shape index (κ3) is 4.08. The van der Waals surface area contributed by atoms with Crippen LogP contribution in [0.1, 0.15) is 5.56 Å². The second-order valence-electron chi connectivity index (χ2n) is 6.47. The third-order valence-corrected chi connectivity index (χ3v) is 7.46. The third-order valence-electron chi connectivity index (χ3n) is 4.32. The Hall–Kier alpha value is -1.35. The number of nitrogens with zero attached hydrogens (tertiary/aromatic N) is 2. The van der Waals surface area contributed by atoms with Crippen LogP contribution in [-0.2, 0) is 16.4 Å². The number of hydrogen-bond donors (Lipinski definition) is 0. The van der Waals surface area contributed by atoms with E-state index in [9.17, 15) is 8.42 Å². The van der Waals surface area contributed by atoms with Crippen LogP contribution in [0.15, 0.2) is 56.4 Å². The van der Waals surface area contributed by atoms with Crippen molar-refractivity contribution in [1.82, 2.24) is 8.87 Å². The molecular formula is C19H20Br2N2O3S. The SMILES string of the molecule is COc1ccc(S(=O)(=O)n2cc(CCN(C)C)c3cc(Br)ccc32)c(Br)c1. The van der Waals surface area contributed by atoms with Gasteiger partial charge in [-0.15, -0.1) is 0 Å². The number of benzene rings is 2. The molecule has 1 heterocycles. The van der Waals surface area contributed by atoms with Crippen molar-refractivity contribution in [3.63, 3.8) is 0 Å². The number of fused-ring (bicyclic) bond motifs is 1. The molecule has 0 N–H and O–H groups in total. The second-order valence-corrected chi connectivity index (χ2v) is 10.0. The van der Waals surface area contributed by atoms with Gasteiger partial charge in [-0.1, -0.05) is 15.9 Å². The molecule has 0 aliphatic heterocycles. The summed E-state index contributed by atoms with van der Waals surface area (Å²) in [6, 6.07) is 10.5. The van der Waals surface area contributed by atoms with Crippen LogP contribution in [0.2, 0.25) is 0 Å². The first kappa shape index (κ1) is 20.4. The molecule has 0 atom stereocenters. The first-order valence-corrected chi connectivity index (χ1v) is 11.3. The highest BCUT2D eigenvalue weighted by atomic mass is 79.9. The largest absolute Gasteiger partial charge is 0.497 e. The molecule has 0 bridgehead atoms. The number of hydrogen-bond acceptors (Lipinski definition) is 4. The summed E-state index contributed by atoms with van der Waals surface area (Å²) in [4.78, 5) is 2.28. The highest BCUT2D eigenvalue weighted by Gasteiger charge is 2.24. The monoisotopic (exact) mass is 514 g/mol. The first-order chi connectivity index (χ1) is 12.7. The summed E-state index contributed by atoms with van der Waals surface area (Å²) in [6.07, 6.45) is 2.48. The van der Waals surface area contributed by atoms with Crippen molar-refractivity contribution in [1.29, 1.82) is 0 Å². The zero-order valence-corrected chi connectivity index (χ0v) is 19.2. The second kappa shape index (κ2) is 7.95. The molecule has 0 aliphatic carbocycles. The Morgan fingerprint density at radius 2 is 1.85 bits per heavy atom. The van der Waals surface area contributed by atoms with Crippen molar-refractivity contribution in [2.24, 2.45) is 0 Å². The molecule has 0 saturated carbocycles. The van der Waals surface area contributed by atoms with E-state index in [2.05, 4.69) is 36.8 Å². The van der Waals surface area contributed by atoms with E-state index in [1.165, 1.54) is 3.97 Å². The van der Waals surface area contributed by atoms with E-state index in [0.717, 1.165) is 28.4 Å². The van der Waals surface area contributed by atoms with Crippen molar-refractivity contribution >= 4 is 52.8 Å². The van der Waals surface area contributed by atoms with Crippen molar-refractivity contribution in [3.05, 3.63) is 57.1 Å². The summed E-state index contributed by atoms with van der Waals surface area (Å²) in [5.41, 5.74) is 1.66. The Morgan fingerprint density at radius 1 is 1.11 bits per heavy atom. The Labute approximate surface area is 176 Å². The van der Waals surface area contributed by atoms with Gasteiger partial charge in [-0.3, -0.25) is 0 Å². The lowest BCUT2D eigenvalue weighted by atomic mass is 10.1. The highest BCUT2D eigenvalue weighted by Crippen LogP contribution is 2.32. The number of methoxy groups -OCH3 is 1. The molecule has 0 fully saturated rings. The molecule has 0 aliphatic rings. The Bertz CT molecular complexity index is 1090. The quantitative estimate of drug-likeness (QED) is 0.484. The van der Waals surface area contributed by atoms with Gasteiger partial charge in [0, 0.05) is 27.1 Å². The lowest BCUT2D eigenvalue weighted by molar-refractivity contribution is 0.414. The van der Waals surface area contributed by atoms with E-state index >= 15 is 0 Å². The van der Waals surface area contributed by atoms with Gasteiger partial charge in [-0.25, -0.2) is 12.4 Å². The predicted molar refractivity (Wildman–Crippen MR) is 115 cm³/mol. The Kier molecular flexibility index (Phi) is 6.00. The molecule has 3 aromatic rings. The van der Waals surface area contributed by atoms with Crippen LogP contribution < -0.4 is 4.74 Å². The van der Waals surface area contributed by atoms with Gasteiger partial charge in [0.05, 0.1) is 12.6 Å². The zero-order valence-electron chi connectivity index (χ0n) is 15.2. The van der Waals surface area contributed by atoms with Crippen LogP contribution in [0.5, 0.6) is 5.75 Å². The Balaban J connectivity index is 2.18. The minimum Gasteiger partial charge on any atom is -0.497 e. The van der Waals surface area contributed by atoms with Gasteiger partial charge in [0.25, 0.3) is 10.0 Å². The number of rotatable bonds is 6. The van der Waals surface area contributed by atoms with Crippen LogP contribution in [0, 0.1) is 0 Å². The molecule has 3 rings (SSSR count). The standard InChI is InChI=1S/C19H20Br2N2O3S/c1-22(2)9-8-13-12-23(18-6-4-14(20)10-16(13)18)27(24,25)19-7-5-15(26-3)11-17(19)21/h4-7,10-12H,8-9H2,1-3H3. The fraction of sp³-hybridized carbons (Fsp3) is 0.263. The van der Waals surface area contributed by atoms with E-state index in [-0.39, 0.29) is 4.90 Å². The lowest BCUT2D eigenvalue weighted by Gasteiger charge is -2.10. The van der Waals surface area contributed by atoms with E-state index < -0.39 is 10.0 Å². The topological polar surface area (TPSA) is 51.5 Å². The van der Waals surface area contributed by atoms with E-state index in [4.69, 9.17) is 4.74 Å². The van der Waals surface area contributed by atoms with E-state index in [1.54, 1.807) is 31.5 Å². The summed E-state index contributed by atoms with van der Waals surface area (Å²) >= 11 is 6.85. The maximum atomic E-state index is 13.4. The average Bonchev–Trinajstić information content (AvgIpc) is 2.98. The van der Waals surface area contributed by atoms with Crippen LogP contribution in [0.25, 0.3) is 10.9 Å². The summed E-state index contributed by atoms with van der Waals surface area (Å²) in [5, 5.41) is 0.930. The van der Waals surface area contributed by atoms with Crippen LogP contribution in [0.4, 0.5) is 0 Å². The molecular weight excluding hydrogens is 496 g/mol. The Morgan fingerprint density at radius 3 is 2.48 bits per heavy atom. The van der Waals surface area contributed by atoms with Crippen LogP contribution in [-0.4, -0.2) is 45.0 Å². The molecule has 1 aromatic heterocycles. The number of aromatic nitrogens is 1. The molecule has 5 nitrogen and oxygen atoms in total. The van der Waals surface area contributed by atoms with Gasteiger partial charge < -0.3 is 9.64 Å². The lowest BCUT2D eigenvalue weighted by Crippen LogP contribution is -2.15. The maximum absolute atomic E-state index is 13.4. The van der Waals surface area contributed by atoms with Crippen molar-refractivity contribution < 1.29 is 13.2 Å². The molecule has 2 aromatic carbocycles. The number of likely N-dealkylation sites (N-methyl/N-ethyl adjacent to an activating group) is 1. The van der Waals surface area contributed by atoms with Gasteiger partial charge in [0.2, 0.25) is 0 Å². The molecule has 0 saturated heterocycles. The van der Waals surface area contributed by atoms with Gasteiger partial charge >= 0.3 is 0 Å². The van der Waals surface area contributed by atoms with Gasteiger partial charge in [-0.2, -0.15) is 0 Å². The van der Waals surface area contributed by atoms with Gasteiger partial charge in [0.15, 0.2) is 0 Å². The van der Waals surface area contributed by atoms with Crippen molar-refractivity contribution in [2.75, 3.05) is 27.7 Å². The molecule has 8 heteroatoms. The number of ether oxygens (including phenoxy) is 1. The van der Waals surface area contributed by atoms with Crippen molar-refractivity contribution in [2.45, 2.75) is 11.3 Å². The number of halogens is 2. The summed E-state index contributed by atoms with van der Waals surface area (Å²) in [6.45, 7) is 0.831. The normalized spacial score (nSPS) is 12.1. The van der Waals surface area contributed by atoms with Gasteiger partial charge in [-0.05, 0) is 78.4 Å². The van der Waals surface area contributed by atoms with E-state index in [1.807, 2.05) is 32.3 Å². The minimum atomic E-state index is -3.77. The van der Waals surface area contributed by atoms with E-state index in [0.29, 0.717) is 15.7 Å². The van der Waals surface area contributed by atoms with Gasteiger partial charge in [0.1, 0.15) is 10.6 Å². The van der Waals surface area contributed by atoms with Crippen molar-refractivity contribution in [3.8, 4) is 5.75 Å². The van der Waals surface area contributed by atoms with Crippen LogP contribution >= 0.6 is 31.9 Å². The fourth-order valence-corrected chi connectivity index (χ4v) is 5.68. The molecule has 0 radical (unpaired) electrons. The minimum absolute atomic E-state index is 0.197. The molecule has 0 amide bonds. The molecule has 0 spiro atoms. The summed E-state index contributed by atoms with van der Waals surface area (Å²) < 4.78 is 34.7. The molecule has 144 valence electrons. The molecule has 27 heavy (non-hydrogen) atoms. The molecule has 0 unspecified atom stereocenters.